The number of carbonyl (C=O) groups is 1. The van der Waals surface area contributed by atoms with Crippen LogP contribution in [0.5, 0.6) is 0 Å². The van der Waals surface area contributed by atoms with E-state index >= 15 is 0 Å². The number of nitrogens with two attached hydrogens (primary N) is 1. The molecule has 0 aromatic heterocycles. The Hall–Kier alpha value is -0.930. The van der Waals surface area contributed by atoms with Gasteiger partial charge in [-0.25, -0.2) is 0 Å². The molecule has 1 rings (SSSR count). The Kier molecular flexibility index (Phi) is 3.61. The largest absolute Gasteiger partial charge is 0.366 e. The van der Waals surface area contributed by atoms with E-state index in [9.17, 15) is 4.79 Å². The topological polar surface area (TPSA) is 55.5 Å². The molecule has 1 aromatic carbocycles. The van der Waals surface area contributed by atoms with Gasteiger partial charge in [0.1, 0.15) is 0 Å². The van der Waals surface area contributed by atoms with Crippen molar-refractivity contribution in [3.63, 3.8) is 0 Å². The highest BCUT2D eigenvalue weighted by atomic mass is 35.5. The number of amides is 1. The third-order valence-electron chi connectivity index (χ3n) is 1.45. The minimum Gasteiger partial charge on any atom is -0.366 e. The Bertz CT molecular complexity index is 418. The Balaban J connectivity index is 3.39. The van der Waals surface area contributed by atoms with Crippen LogP contribution in [-0.4, -0.2) is 11.1 Å². The Labute approximate surface area is 95.5 Å². The van der Waals surface area contributed by atoms with Gasteiger partial charge in [-0.05, 0) is 24.4 Å². The quantitative estimate of drug-likeness (QED) is 0.645. The van der Waals surface area contributed by atoms with Gasteiger partial charge in [0.2, 0.25) is 0 Å². The number of thiocarbonyl (C=S) groups is 1. The summed E-state index contributed by atoms with van der Waals surface area (Å²) < 4.78 is 0. The van der Waals surface area contributed by atoms with E-state index in [0.717, 1.165) is 0 Å². The smallest absolute Gasteiger partial charge is 0.251 e. The predicted molar refractivity (Wildman–Crippen MR) is 59.7 cm³/mol. The summed E-state index contributed by atoms with van der Waals surface area (Å²) >= 11 is 15.9. The first-order valence-electron chi connectivity index (χ1n) is 3.43. The minimum atomic E-state index is -0.683. The number of primary amides is 1. The number of rotatable bonds is 2. The molecule has 6 heteroatoms. The van der Waals surface area contributed by atoms with Crippen LogP contribution in [0, 0.1) is 0 Å². The highest BCUT2D eigenvalue weighted by Gasteiger charge is 2.12. The zero-order valence-electron chi connectivity index (χ0n) is 6.75. The molecule has 0 unspecified atom stereocenters. The van der Waals surface area contributed by atoms with E-state index in [-0.39, 0.29) is 15.6 Å². The van der Waals surface area contributed by atoms with E-state index in [1.54, 1.807) is 0 Å². The van der Waals surface area contributed by atoms with Crippen molar-refractivity contribution in [2.75, 3.05) is 0 Å². The van der Waals surface area contributed by atoms with Crippen LogP contribution in [0.25, 0.3) is 0 Å². The van der Waals surface area contributed by atoms with Crippen LogP contribution >= 0.6 is 35.4 Å². The van der Waals surface area contributed by atoms with Crippen LogP contribution in [0.3, 0.4) is 0 Å². The Morgan fingerprint density at radius 3 is 2.29 bits per heavy atom. The molecule has 2 N–H and O–H groups in total. The lowest BCUT2D eigenvalue weighted by molar-refractivity contribution is 0.100. The maximum atomic E-state index is 10.9. The monoisotopic (exact) mass is 246 g/mol. The van der Waals surface area contributed by atoms with Gasteiger partial charge in [-0.2, -0.15) is 4.99 Å². The molecule has 0 aliphatic carbocycles. The molecule has 14 heavy (non-hydrogen) atoms. The van der Waals surface area contributed by atoms with Crippen LogP contribution < -0.4 is 5.73 Å². The predicted octanol–water partition coefficient (Wildman–Crippen LogP) is 2.83. The van der Waals surface area contributed by atoms with E-state index in [1.165, 1.54) is 12.1 Å². The van der Waals surface area contributed by atoms with E-state index in [0.29, 0.717) is 5.69 Å². The number of isothiocyanates is 1. The summed E-state index contributed by atoms with van der Waals surface area (Å²) in [6.07, 6.45) is 0. The molecule has 0 aliphatic heterocycles. The lowest BCUT2D eigenvalue weighted by Gasteiger charge is -2.03. The first-order valence-corrected chi connectivity index (χ1v) is 4.59. The average molecular weight is 247 g/mol. The second kappa shape index (κ2) is 4.53. The first-order chi connectivity index (χ1) is 6.56. The highest BCUT2D eigenvalue weighted by Crippen LogP contribution is 2.29. The van der Waals surface area contributed by atoms with Gasteiger partial charge in [-0.15, -0.1) is 0 Å². The molecule has 0 aliphatic rings. The fourth-order valence-electron chi connectivity index (χ4n) is 0.912. The lowest BCUT2D eigenvalue weighted by Crippen LogP contribution is -2.12. The van der Waals surface area contributed by atoms with E-state index in [1.807, 2.05) is 0 Å². The zero-order valence-corrected chi connectivity index (χ0v) is 9.08. The van der Waals surface area contributed by atoms with E-state index in [4.69, 9.17) is 28.9 Å². The number of aliphatic imine (C=N–C) groups is 1. The number of carbonyl (C=O) groups excluding carboxylic acids is 1. The lowest BCUT2D eigenvalue weighted by atomic mass is 10.2. The van der Waals surface area contributed by atoms with Crippen LogP contribution in [0.2, 0.25) is 10.0 Å². The molecule has 1 aromatic rings. The highest BCUT2D eigenvalue weighted by molar-refractivity contribution is 7.78. The van der Waals surface area contributed by atoms with Crippen LogP contribution in [-0.2, 0) is 0 Å². The normalized spacial score (nSPS) is 9.29. The number of nitrogens with zero attached hydrogens (tertiary/aromatic N) is 1. The zero-order chi connectivity index (χ0) is 10.7. The van der Waals surface area contributed by atoms with Gasteiger partial charge in [0, 0.05) is 0 Å². The van der Waals surface area contributed by atoms with Gasteiger partial charge >= 0.3 is 0 Å². The van der Waals surface area contributed by atoms with Gasteiger partial charge < -0.3 is 5.73 Å². The molecule has 0 atom stereocenters. The van der Waals surface area contributed by atoms with Crippen molar-refractivity contribution in [1.82, 2.24) is 0 Å². The summed E-state index contributed by atoms with van der Waals surface area (Å²) in [5.41, 5.74) is 5.58. The summed E-state index contributed by atoms with van der Waals surface area (Å²) in [5, 5.41) is 2.46. The second-order valence-corrected chi connectivity index (χ2v) is 3.35. The standard InChI is InChI=1S/C8H4Cl2N2OS/c9-5-1-4(12-3-14)2-6(10)7(5)8(11)13/h1-2H,(H2,11,13). The summed E-state index contributed by atoms with van der Waals surface area (Å²) in [6, 6.07) is 2.87. The maximum absolute atomic E-state index is 10.9. The summed E-state index contributed by atoms with van der Waals surface area (Å²) in [5.74, 6) is -0.683. The third kappa shape index (κ3) is 2.30. The summed E-state index contributed by atoms with van der Waals surface area (Å²) in [7, 11) is 0. The minimum absolute atomic E-state index is 0.0802. The maximum Gasteiger partial charge on any atom is 0.251 e. The van der Waals surface area contributed by atoms with Crippen LogP contribution in [0.15, 0.2) is 17.1 Å². The second-order valence-electron chi connectivity index (χ2n) is 2.35. The van der Waals surface area contributed by atoms with Gasteiger partial charge in [-0.1, -0.05) is 23.2 Å². The molecule has 0 bridgehead atoms. The van der Waals surface area contributed by atoms with Crippen molar-refractivity contribution in [2.45, 2.75) is 0 Å². The molecular weight excluding hydrogens is 243 g/mol. The molecule has 0 saturated carbocycles. The molecule has 0 spiro atoms. The van der Waals surface area contributed by atoms with Crippen LogP contribution in [0.1, 0.15) is 10.4 Å². The molecule has 3 nitrogen and oxygen atoms in total. The van der Waals surface area contributed by atoms with Crippen molar-refractivity contribution in [2.24, 2.45) is 10.7 Å². The van der Waals surface area contributed by atoms with Crippen molar-refractivity contribution in [3.05, 3.63) is 27.7 Å². The Morgan fingerprint density at radius 2 is 1.93 bits per heavy atom. The van der Waals surface area contributed by atoms with Crippen LogP contribution in [0.4, 0.5) is 5.69 Å². The van der Waals surface area contributed by atoms with E-state index in [2.05, 4.69) is 22.4 Å². The molecule has 0 radical (unpaired) electrons. The van der Waals surface area contributed by atoms with Gasteiger partial charge in [0.05, 0.1) is 26.5 Å². The van der Waals surface area contributed by atoms with Crippen molar-refractivity contribution >= 4 is 52.2 Å². The van der Waals surface area contributed by atoms with Gasteiger partial charge in [0.25, 0.3) is 5.91 Å². The summed E-state index contributed by atoms with van der Waals surface area (Å²) in [4.78, 5) is 14.6. The molecule has 0 saturated heterocycles. The number of hydrogen-bond acceptors (Lipinski definition) is 3. The average Bonchev–Trinajstić information content (AvgIpc) is 2.01. The van der Waals surface area contributed by atoms with Crippen molar-refractivity contribution in [3.8, 4) is 0 Å². The molecule has 1 amide bonds. The molecule has 0 fully saturated rings. The van der Waals surface area contributed by atoms with Gasteiger partial charge in [0.15, 0.2) is 0 Å². The number of benzene rings is 1. The summed E-state index contributed by atoms with van der Waals surface area (Å²) in [6.45, 7) is 0. The van der Waals surface area contributed by atoms with Gasteiger partial charge in [-0.3, -0.25) is 4.79 Å². The van der Waals surface area contributed by atoms with E-state index < -0.39 is 5.91 Å². The Morgan fingerprint density at radius 1 is 1.43 bits per heavy atom. The molecule has 72 valence electrons. The molecule has 0 heterocycles. The molecular formula is C8H4Cl2N2OS. The van der Waals surface area contributed by atoms with Crippen molar-refractivity contribution < 1.29 is 4.79 Å². The first kappa shape index (κ1) is 11.1. The third-order valence-corrected chi connectivity index (χ3v) is 2.14. The fourth-order valence-corrected chi connectivity index (χ4v) is 1.68. The van der Waals surface area contributed by atoms with Crippen molar-refractivity contribution in [1.29, 1.82) is 0 Å². The fraction of sp³-hybridized carbons (Fsp3) is 0. The number of halogens is 2. The SMILES string of the molecule is NC(=O)c1c(Cl)cc(N=C=S)cc1Cl. The number of hydrogen-bond donors (Lipinski definition) is 1.